The van der Waals surface area contributed by atoms with Crippen LogP contribution < -0.4 is 10.6 Å². The van der Waals surface area contributed by atoms with E-state index in [1.54, 1.807) is 12.4 Å². The van der Waals surface area contributed by atoms with Crippen molar-refractivity contribution in [1.82, 2.24) is 20.6 Å². The lowest BCUT2D eigenvalue weighted by molar-refractivity contribution is -0.133. The molecule has 0 atom stereocenters. The first-order valence-electron chi connectivity index (χ1n) is 7.43. The number of hydrogen-bond donors (Lipinski definition) is 2. The molecule has 1 aromatic rings. The van der Waals surface area contributed by atoms with Gasteiger partial charge in [-0.15, -0.1) is 0 Å². The summed E-state index contributed by atoms with van der Waals surface area (Å²) in [5, 5.41) is 6.38. The van der Waals surface area contributed by atoms with E-state index in [0.29, 0.717) is 6.54 Å². The smallest absolute Gasteiger partial charge is 0.226 e. The van der Waals surface area contributed by atoms with Gasteiger partial charge in [-0.1, -0.05) is 13.3 Å². The molecule has 2 N–H and O–H groups in total. The maximum Gasteiger partial charge on any atom is 0.226 e. The molecular formula is C15H24N4O. The quantitative estimate of drug-likeness (QED) is 0.856. The average Bonchev–Trinajstić information content (AvgIpc) is 2.47. The summed E-state index contributed by atoms with van der Waals surface area (Å²) in [6.07, 6.45) is 7.30. The van der Waals surface area contributed by atoms with E-state index < -0.39 is 0 Å². The first kappa shape index (κ1) is 14.9. The van der Waals surface area contributed by atoms with Crippen LogP contribution in [0.3, 0.4) is 0 Å². The first-order chi connectivity index (χ1) is 9.66. The summed E-state index contributed by atoms with van der Waals surface area (Å²) in [5.41, 5.74) is 1.50. The normalized spacial score (nSPS) is 17.7. The molecule has 1 aliphatic heterocycles. The molecular weight excluding hydrogens is 252 g/mol. The molecule has 110 valence electrons. The molecule has 5 nitrogen and oxygen atoms in total. The molecule has 2 heterocycles. The fourth-order valence-corrected chi connectivity index (χ4v) is 2.84. The van der Waals surface area contributed by atoms with Crippen molar-refractivity contribution in [2.75, 3.05) is 13.1 Å². The van der Waals surface area contributed by atoms with Gasteiger partial charge in [-0.05, 0) is 39.3 Å². The minimum atomic E-state index is -0.196. The minimum Gasteiger partial charge on any atom is -0.350 e. The van der Waals surface area contributed by atoms with Crippen molar-refractivity contribution in [3.63, 3.8) is 0 Å². The molecule has 0 radical (unpaired) electrons. The van der Waals surface area contributed by atoms with Crippen LogP contribution in [-0.2, 0) is 11.3 Å². The maximum absolute atomic E-state index is 12.6. The fraction of sp³-hybridized carbons (Fsp3) is 0.667. The highest BCUT2D eigenvalue weighted by Gasteiger charge is 2.38. The van der Waals surface area contributed by atoms with E-state index in [2.05, 4.69) is 27.5 Å². The highest BCUT2D eigenvalue weighted by atomic mass is 16.2. The summed E-state index contributed by atoms with van der Waals surface area (Å²) < 4.78 is 0. The molecule has 20 heavy (non-hydrogen) atoms. The third-order valence-corrected chi connectivity index (χ3v) is 4.04. The van der Waals surface area contributed by atoms with E-state index >= 15 is 0 Å². The van der Waals surface area contributed by atoms with Crippen molar-refractivity contribution in [2.24, 2.45) is 5.41 Å². The number of nitrogens with one attached hydrogen (secondary N) is 2. The van der Waals surface area contributed by atoms with Gasteiger partial charge in [-0.2, -0.15) is 0 Å². The van der Waals surface area contributed by atoms with Gasteiger partial charge in [0, 0.05) is 6.20 Å². The topological polar surface area (TPSA) is 66.9 Å². The van der Waals surface area contributed by atoms with Crippen LogP contribution in [0.15, 0.2) is 12.4 Å². The molecule has 1 aromatic heterocycles. The lowest BCUT2D eigenvalue weighted by Crippen LogP contribution is -2.47. The van der Waals surface area contributed by atoms with Crippen LogP contribution in [-0.4, -0.2) is 29.0 Å². The van der Waals surface area contributed by atoms with Gasteiger partial charge >= 0.3 is 0 Å². The summed E-state index contributed by atoms with van der Waals surface area (Å²) >= 11 is 0. The molecule has 1 saturated heterocycles. The lowest BCUT2D eigenvalue weighted by atomic mass is 9.74. The lowest BCUT2D eigenvalue weighted by Gasteiger charge is -2.36. The number of nitrogens with zero attached hydrogens (tertiary/aromatic N) is 2. The molecule has 1 amide bonds. The van der Waals surface area contributed by atoms with Crippen LogP contribution in [0.5, 0.6) is 0 Å². The van der Waals surface area contributed by atoms with E-state index in [4.69, 9.17) is 0 Å². The Balaban J connectivity index is 1.96. The molecule has 0 unspecified atom stereocenters. The average molecular weight is 276 g/mol. The van der Waals surface area contributed by atoms with Crippen LogP contribution in [0, 0.1) is 12.3 Å². The molecule has 0 bridgehead atoms. The maximum atomic E-state index is 12.6. The molecule has 0 saturated carbocycles. The van der Waals surface area contributed by atoms with E-state index in [1.807, 2.05) is 6.92 Å². The van der Waals surface area contributed by atoms with E-state index in [-0.39, 0.29) is 11.3 Å². The predicted octanol–water partition coefficient (Wildman–Crippen LogP) is 1.57. The Morgan fingerprint density at radius 2 is 2.10 bits per heavy atom. The Morgan fingerprint density at radius 1 is 1.35 bits per heavy atom. The summed E-state index contributed by atoms with van der Waals surface area (Å²) in [6.45, 7) is 6.36. The Kier molecular flexibility index (Phi) is 5.06. The third kappa shape index (κ3) is 3.54. The first-order valence-corrected chi connectivity index (χ1v) is 7.43. The van der Waals surface area contributed by atoms with Crippen molar-refractivity contribution < 1.29 is 4.79 Å². The number of rotatable bonds is 5. The second kappa shape index (κ2) is 6.79. The second-order valence-corrected chi connectivity index (χ2v) is 5.61. The number of aryl methyl sites for hydroxylation is 1. The summed E-state index contributed by atoms with van der Waals surface area (Å²) in [7, 11) is 0. The monoisotopic (exact) mass is 276 g/mol. The van der Waals surface area contributed by atoms with Gasteiger partial charge in [-0.3, -0.25) is 14.8 Å². The molecule has 0 aliphatic carbocycles. The summed E-state index contributed by atoms with van der Waals surface area (Å²) in [6, 6.07) is 0. The van der Waals surface area contributed by atoms with Gasteiger partial charge in [0.05, 0.1) is 29.5 Å². The van der Waals surface area contributed by atoms with E-state index in [0.717, 1.165) is 50.2 Å². The zero-order valence-electron chi connectivity index (χ0n) is 12.4. The Labute approximate surface area is 120 Å². The van der Waals surface area contributed by atoms with Gasteiger partial charge in [0.25, 0.3) is 0 Å². The second-order valence-electron chi connectivity index (χ2n) is 5.61. The van der Waals surface area contributed by atoms with E-state index in [9.17, 15) is 4.79 Å². The summed E-state index contributed by atoms with van der Waals surface area (Å²) in [5.74, 6) is 0.170. The predicted molar refractivity (Wildman–Crippen MR) is 78.1 cm³/mol. The van der Waals surface area contributed by atoms with Crippen molar-refractivity contribution in [1.29, 1.82) is 0 Å². The van der Waals surface area contributed by atoms with Gasteiger partial charge < -0.3 is 10.6 Å². The Bertz CT molecular complexity index is 432. The highest BCUT2D eigenvalue weighted by Crippen LogP contribution is 2.34. The molecule has 2 rings (SSSR count). The number of hydrogen-bond acceptors (Lipinski definition) is 4. The fourth-order valence-electron chi connectivity index (χ4n) is 2.84. The van der Waals surface area contributed by atoms with Crippen molar-refractivity contribution in [3.05, 3.63) is 23.8 Å². The Morgan fingerprint density at radius 3 is 2.70 bits per heavy atom. The van der Waals surface area contributed by atoms with Crippen LogP contribution in [0.2, 0.25) is 0 Å². The van der Waals surface area contributed by atoms with Crippen LogP contribution >= 0.6 is 0 Å². The molecule has 1 aliphatic rings. The number of amides is 1. The number of piperidine rings is 1. The third-order valence-electron chi connectivity index (χ3n) is 4.04. The van der Waals surface area contributed by atoms with Gasteiger partial charge in [0.1, 0.15) is 0 Å². The molecule has 1 fully saturated rings. The summed E-state index contributed by atoms with van der Waals surface area (Å²) in [4.78, 5) is 21.0. The number of carbonyl (C=O) groups excluding carboxylic acids is 1. The van der Waals surface area contributed by atoms with Gasteiger partial charge in [0.15, 0.2) is 0 Å². The van der Waals surface area contributed by atoms with E-state index in [1.165, 1.54) is 0 Å². The SMILES string of the molecule is CCCC1(C(=O)NCc2cnc(C)cn2)CCNCC1. The van der Waals surface area contributed by atoms with Gasteiger partial charge in [-0.25, -0.2) is 0 Å². The number of aromatic nitrogens is 2. The number of carbonyl (C=O) groups is 1. The van der Waals surface area contributed by atoms with Crippen molar-refractivity contribution >= 4 is 5.91 Å². The van der Waals surface area contributed by atoms with Crippen molar-refractivity contribution in [2.45, 2.75) is 46.1 Å². The van der Waals surface area contributed by atoms with Crippen LogP contribution in [0.4, 0.5) is 0 Å². The van der Waals surface area contributed by atoms with Gasteiger partial charge in [0.2, 0.25) is 5.91 Å². The van der Waals surface area contributed by atoms with Crippen LogP contribution in [0.25, 0.3) is 0 Å². The largest absolute Gasteiger partial charge is 0.350 e. The highest BCUT2D eigenvalue weighted by molar-refractivity contribution is 5.82. The zero-order valence-corrected chi connectivity index (χ0v) is 12.4. The molecule has 5 heteroatoms. The van der Waals surface area contributed by atoms with Crippen molar-refractivity contribution in [3.8, 4) is 0 Å². The zero-order chi connectivity index (χ0) is 14.4. The standard InChI is InChI=1S/C15H24N4O/c1-3-4-15(5-7-16-8-6-15)14(20)19-11-13-10-17-12(2)9-18-13/h9-10,16H,3-8,11H2,1-2H3,(H,19,20). The molecule has 0 aromatic carbocycles. The Hall–Kier alpha value is -1.49. The minimum absolute atomic E-state index is 0.170. The van der Waals surface area contributed by atoms with Crippen LogP contribution in [0.1, 0.15) is 44.0 Å². The molecule has 0 spiro atoms.